The quantitative estimate of drug-likeness (QED) is 0.449. The van der Waals surface area contributed by atoms with Crippen LogP contribution in [0.4, 0.5) is 11.4 Å². The summed E-state index contributed by atoms with van der Waals surface area (Å²) in [5.74, 6) is 0.803. The van der Waals surface area contributed by atoms with E-state index in [9.17, 15) is 4.79 Å². The van der Waals surface area contributed by atoms with E-state index in [1.165, 1.54) is 0 Å². The van der Waals surface area contributed by atoms with Crippen LogP contribution >= 0.6 is 0 Å². The highest BCUT2D eigenvalue weighted by Gasteiger charge is 2.10. The van der Waals surface area contributed by atoms with Crippen LogP contribution in [0.3, 0.4) is 0 Å². The number of nitrogens with zero attached hydrogens (tertiary/aromatic N) is 1. The molecule has 0 atom stereocenters. The maximum atomic E-state index is 11.7. The van der Waals surface area contributed by atoms with E-state index in [-0.39, 0.29) is 5.78 Å². The van der Waals surface area contributed by atoms with Crippen LogP contribution in [0.2, 0.25) is 0 Å². The number of ether oxygens (including phenoxy) is 1. The van der Waals surface area contributed by atoms with Crippen LogP contribution in [0.25, 0.3) is 22.2 Å². The number of hydrogen-bond donors (Lipinski definition) is 1. The molecule has 0 radical (unpaired) electrons. The molecule has 0 saturated carbocycles. The second-order valence-corrected chi connectivity index (χ2v) is 6.57. The lowest BCUT2D eigenvalue weighted by molar-refractivity contribution is 0.101. The SMILES string of the molecule is COc1ccc2nc(-c3ccccc3)cc(Nc3cccc(C(C)=O)c3)c2c1. The molecule has 0 aliphatic carbocycles. The topological polar surface area (TPSA) is 51.2 Å². The average molecular weight is 368 g/mol. The largest absolute Gasteiger partial charge is 0.497 e. The molecule has 1 heterocycles. The van der Waals surface area contributed by atoms with Gasteiger partial charge < -0.3 is 10.1 Å². The molecule has 0 fully saturated rings. The van der Waals surface area contributed by atoms with Gasteiger partial charge >= 0.3 is 0 Å². The summed E-state index contributed by atoms with van der Waals surface area (Å²) in [4.78, 5) is 16.6. The first kappa shape index (κ1) is 17.7. The minimum absolute atomic E-state index is 0.0369. The lowest BCUT2D eigenvalue weighted by atomic mass is 10.1. The summed E-state index contributed by atoms with van der Waals surface area (Å²) in [6, 6.07) is 25.4. The Morgan fingerprint density at radius 2 is 1.75 bits per heavy atom. The van der Waals surface area contributed by atoms with Gasteiger partial charge in [0.05, 0.1) is 24.0 Å². The molecule has 4 rings (SSSR count). The minimum atomic E-state index is 0.0369. The lowest BCUT2D eigenvalue weighted by Crippen LogP contribution is -1.98. The summed E-state index contributed by atoms with van der Waals surface area (Å²) in [5, 5.41) is 4.41. The van der Waals surface area contributed by atoms with Crippen molar-refractivity contribution >= 4 is 28.1 Å². The van der Waals surface area contributed by atoms with Crippen LogP contribution < -0.4 is 10.1 Å². The fourth-order valence-corrected chi connectivity index (χ4v) is 3.16. The van der Waals surface area contributed by atoms with Crippen molar-refractivity contribution in [1.82, 2.24) is 4.98 Å². The average Bonchev–Trinajstić information content (AvgIpc) is 2.74. The number of nitrogens with one attached hydrogen (secondary N) is 1. The van der Waals surface area contributed by atoms with Crippen molar-refractivity contribution in [3.8, 4) is 17.0 Å². The number of carbonyl (C=O) groups is 1. The summed E-state index contributed by atoms with van der Waals surface area (Å²) in [7, 11) is 1.65. The van der Waals surface area contributed by atoms with Crippen LogP contribution in [0.15, 0.2) is 78.9 Å². The number of hydrogen-bond acceptors (Lipinski definition) is 4. The number of aromatic nitrogens is 1. The Kier molecular flexibility index (Phi) is 4.77. The number of pyridine rings is 1. The van der Waals surface area contributed by atoms with Crippen molar-refractivity contribution in [3.05, 3.63) is 84.4 Å². The smallest absolute Gasteiger partial charge is 0.159 e. The maximum absolute atomic E-state index is 11.7. The van der Waals surface area contributed by atoms with Crippen LogP contribution in [-0.4, -0.2) is 17.9 Å². The lowest BCUT2D eigenvalue weighted by Gasteiger charge is -2.14. The zero-order chi connectivity index (χ0) is 19.5. The first-order chi connectivity index (χ1) is 13.6. The number of ketones is 1. The molecule has 0 aliphatic rings. The molecule has 0 aliphatic heterocycles. The van der Waals surface area contributed by atoms with E-state index in [1.807, 2.05) is 78.9 Å². The first-order valence-electron chi connectivity index (χ1n) is 9.06. The van der Waals surface area contributed by atoms with E-state index in [0.29, 0.717) is 5.56 Å². The maximum Gasteiger partial charge on any atom is 0.159 e. The summed E-state index contributed by atoms with van der Waals surface area (Å²) in [5.41, 5.74) is 5.21. The van der Waals surface area contributed by atoms with Gasteiger partial charge in [0.15, 0.2) is 5.78 Å². The van der Waals surface area contributed by atoms with Crippen LogP contribution in [0, 0.1) is 0 Å². The normalized spacial score (nSPS) is 10.6. The Morgan fingerprint density at radius 1 is 0.929 bits per heavy atom. The molecule has 4 nitrogen and oxygen atoms in total. The van der Waals surface area contributed by atoms with Crippen molar-refractivity contribution in [3.63, 3.8) is 0 Å². The predicted molar refractivity (Wildman–Crippen MR) is 113 cm³/mol. The fraction of sp³-hybridized carbons (Fsp3) is 0.0833. The van der Waals surface area contributed by atoms with Crippen LogP contribution in [-0.2, 0) is 0 Å². The molecule has 0 spiro atoms. The third-order valence-electron chi connectivity index (χ3n) is 4.63. The molecule has 0 saturated heterocycles. The van der Waals surface area contributed by atoms with Crippen molar-refractivity contribution in [2.45, 2.75) is 6.92 Å². The molecule has 1 aromatic heterocycles. The number of benzene rings is 3. The van der Waals surface area contributed by atoms with Crippen molar-refractivity contribution < 1.29 is 9.53 Å². The molecular formula is C24H20N2O2. The van der Waals surface area contributed by atoms with Crippen LogP contribution in [0.1, 0.15) is 17.3 Å². The first-order valence-corrected chi connectivity index (χ1v) is 9.06. The third-order valence-corrected chi connectivity index (χ3v) is 4.63. The van der Waals surface area contributed by atoms with Crippen LogP contribution in [0.5, 0.6) is 5.75 Å². The van der Waals surface area contributed by atoms with E-state index in [1.54, 1.807) is 14.0 Å². The monoisotopic (exact) mass is 368 g/mol. The molecule has 28 heavy (non-hydrogen) atoms. The highest BCUT2D eigenvalue weighted by molar-refractivity contribution is 5.98. The summed E-state index contributed by atoms with van der Waals surface area (Å²) >= 11 is 0. The van der Waals surface area contributed by atoms with E-state index in [0.717, 1.165) is 39.3 Å². The number of fused-ring (bicyclic) bond motifs is 1. The molecule has 0 unspecified atom stereocenters. The van der Waals surface area contributed by atoms with Gasteiger partial charge in [-0.15, -0.1) is 0 Å². The highest BCUT2D eigenvalue weighted by Crippen LogP contribution is 2.32. The summed E-state index contributed by atoms with van der Waals surface area (Å²) in [6.45, 7) is 1.57. The second kappa shape index (κ2) is 7.53. The number of methoxy groups -OCH3 is 1. The van der Waals surface area contributed by atoms with E-state index in [2.05, 4.69) is 5.32 Å². The number of Topliss-reactive ketones (excluding diaryl/α,β-unsaturated/α-hetero) is 1. The molecule has 138 valence electrons. The van der Waals surface area contributed by atoms with Crippen molar-refractivity contribution in [2.24, 2.45) is 0 Å². The van der Waals surface area contributed by atoms with Gasteiger partial charge in [0, 0.05) is 22.2 Å². The molecular weight excluding hydrogens is 348 g/mol. The Bertz CT molecular complexity index is 1150. The predicted octanol–water partition coefficient (Wildman–Crippen LogP) is 5.86. The standard InChI is InChI=1S/C24H20N2O2/c1-16(27)18-9-6-10-19(13-18)25-24-15-23(17-7-4-3-5-8-17)26-22-12-11-20(28-2)14-21(22)24/h3-15H,1-2H3,(H,25,26). The Balaban J connectivity index is 1.86. The van der Waals surface area contributed by atoms with Gasteiger partial charge in [-0.3, -0.25) is 4.79 Å². The van der Waals surface area contributed by atoms with Gasteiger partial charge in [0.2, 0.25) is 0 Å². The van der Waals surface area contributed by atoms with Gasteiger partial charge in [-0.2, -0.15) is 0 Å². The van der Waals surface area contributed by atoms with Gasteiger partial charge in [0.25, 0.3) is 0 Å². The molecule has 0 bridgehead atoms. The summed E-state index contributed by atoms with van der Waals surface area (Å²) < 4.78 is 5.39. The van der Waals surface area contributed by atoms with E-state index >= 15 is 0 Å². The summed E-state index contributed by atoms with van der Waals surface area (Å²) in [6.07, 6.45) is 0. The Hall–Kier alpha value is -3.66. The van der Waals surface area contributed by atoms with Gasteiger partial charge in [-0.25, -0.2) is 4.98 Å². The molecule has 3 aromatic carbocycles. The molecule has 4 aromatic rings. The third kappa shape index (κ3) is 3.58. The number of anilines is 2. The number of rotatable bonds is 5. The van der Waals surface area contributed by atoms with E-state index in [4.69, 9.17) is 9.72 Å². The highest BCUT2D eigenvalue weighted by atomic mass is 16.5. The fourth-order valence-electron chi connectivity index (χ4n) is 3.16. The number of carbonyl (C=O) groups excluding carboxylic acids is 1. The zero-order valence-electron chi connectivity index (χ0n) is 15.8. The van der Waals surface area contributed by atoms with Crippen molar-refractivity contribution in [2.75, 3.05) is 12.4 Å². The Morgan fingerprint density at radius 3 is 2.50 bits per heavy atom. The second-order valence-electron chi connectivity index (χ2n) is 6.57. The Labute approximate surface area is 163 Å². The molecule has 4 heteroatoms. The zero-order valence-corrected chi connectivity index (χ0v) is 15.8. The van der Waals surface area contributed by atoms with E-state index < -0.39 is 0 Å². The van der Waals surface area contributed by atoms with Gasteiger partial charge in [0.1, 0.15) is 5.75 Å². The molecule has 1 N–H and O–H groups in total. The van der Waals surface area contributed by atoms with Gasteiger partial charge in [-0.1, -0.05) is 42.5 Å². The molecule has 0 amide bonds. The van der Waals surface area contributed by atoms with Gasteiger partial charge in [-0.05, 0) is 43.3 Å². The van der Waals surface area contributed by atoms with Crippen molar-refractivity contribution in [1.29, 1.82) is 0 Å². The minimum Gasteiger partial charge on any atom is -0.497 e.